The molecule has 4 rings (SSSR count). The lowest BCUT2D eigenvalue weighted by atomic mass is 10.1. The molecular formula is C22H20FN3O3S. The average Bonchev–Trinajstić information content (AvgIpc) is 3.39. The fourth-order valence-electron chi connectivity index (χ4n) is 2.81. The van der Waals surface area contributed by atoms with Crippen molar-refractivity contribution < 1.29 is 18.7 Å². The molecule has 1 fully saturated rings. The Kier molecular flexibility index (Phi) is 5.76. The van der Waals surface area contributed by atoms with Gasteiger partial charge < -0.3 is 15.4 Å². The maximum Gasteiger partial charge on any atom is 0.255 e. The number of carbonyl (C=O) groups is 2. The van der Waals surface area contributed by atoms with Crippen LogP contribution in [-0.2, 0) is 6.61 Å². The molecule has 30 heavy (non-hydrogen) atoms. The van der Waals surface area contributed by atoms with Gasteiger partial charge in [0, 0.05) is 28.2 Å². The van der Waals surface area contributed by atoms with Crippen LogP contribution in [-0.4, -0.2) is 22.8 Å². The summed E-state index contributed by atoms with van der Waals surface area (Å²) < 4.78 is 19.8. The van der Waals surface area contributed by atoms with Crippen molar-refractivity contribution in [2.45, 2.75) is 32.4 Å². The number of ether oxygens (including phenoxy) is 1. The van der Waals surface area contributed by atoms with E-state index in [2.05, 4.69) is 15.6 Å². The number of aromatic nitrogens is 1. The number of rotatable bonds is 7. The van der Waals surface area contributed by atoms with Crippen molar-refractivity contribution in [2.75, 3.05) is 5.32 Å². The van der Waals surface area contributed by atoms with E-state index in [0.29, 0.717) is 16.9 Å². The van der Waals surface area contributed by atoms with Crippen molar-refractivity contribution in [1.29, 1.82) is 0 Å². The predicted octanol–water partition coefficient (Wildman–Crippen LogP) is 4.31. The van der Waals surface area contributed by atoms with Gasteiger partial charge in [-0.2, -0.15) is 0 Å². The van der Waals surface area contributed by atoms with Crippen molar-refractivity contribution in [3.63, 3.8) is 0 Å². The first-order valence-corrected chi connectivity index (χ1v) is 10.5. The second-order valence-electron chi connectivity index (χ2n) is 7.15. The Balaban J connectivity index is 1.44. The number of aryl methyl sites for hydroxylation is 1. The minimum absolute atomic E-state index is 0.0504. The van der Waals surface area contributed by atoms with Crippen LogP contribution in [0.15, 0.2) is 47.3 Å². The topological polar surface area (TPSA) is 80.3 Å². The second kappa shape index (κ2) is 8.62. The number of benzene rings is 2. The van der Waals surface area contributed by atoms with E-state index in [1.54, 1.807) is 23.7 Å². The number of thiazole rings is 1. The van der Waals surface area contributed by atoms with Crippen LogP contribution in [0, 0.1) is 12.7 Å². The van der Waals surface area contributed by atoms with Crippen molar-refractivity contribution in [2.24, 2.45) is 0 Å². The average molecular weight is 425 g/mol. The molecule has 0 aliphatic heterocycles. The maximum absolute atomic E-state index is 14.4. The lowest BCUT2D eigenvalue weighted by Crippen LogP contribution is -2.25. The molecule has 1 saturated carbocycles. The van der Waals surface area contributed by atoms with Crippen LogP contribution >= 0.6 is 11.3 Å². The van der Waals surface area contributed by atoms with Crippen LogP contribution in [0.2, 0.25) is 0 Å². The fraction of sp³-hybridized carbons (Fsp3) is 0.227. The Bertz CT molecular complexity index is 1080. The van der Waals surface area contributed by atoms with E-state index in [1.165, 1.54) is 23.5 Å². The van der Waals surface area contributed by atoms with Crippen molar-refractivity contribution in [3.05, 3.63) is 75.5 Å². The quantitative estimate of drug-likeness (QED) is 0.591. The molecule has 2 N–H and O–H groups in total. The summed E-state index contributed by atoms with van der Waals surface area (Å²) in [5, 5.41) is 7.50. The molecule has 1 heterocycles. The standard InChI is InChI=1S/C22H20FN3O3S/c1-13-2-3-15(21(27)25-16-5-6-16)9-19(13)26-22(28)14-4-7-20(18(23)8-14)29-10-17-11-30-12-24-17/h2-4,7-9,11-12,16H,5-6,10H2,1H3,(H,25,27)(H,26,28). The smallest absolute Gasteiger partial charge is 0.255 e. The monoisotopic (exact) mass is 425 g/mol. The number of nitrogens with one attached hydrogen (secondary N) is 2. The molecule has 2 aromatic carbocycles. The summed E-state index contributed by atoms with van der Waals surface area (Å²) in [6.45, 7) is 1.98. The van der Waals surface area contributed by atoms with Crippen LogP contribution < -0.4 is 15.4 Å². The molecule has 8 heteroatoms. The molecule has 0 saturated heterocycles. The molecule has 1 aliphatic carbocycles. The summed E-state index contributed by atoms with van der Waals surface area (Å²) in [7, 11) is 0. The third-order valence-electron chi connectivity index (χ3n) is 4.71. The first-order chi connectivity index (χ1) is 14.5. The van der Waals surface area contributed by atoms with Gasteiger partial charge in [-0.25, -0.2) is 9.37 Å². The minimum atomic E-state index is -0.632. The Labute approximate surface area is 177 Å². The van der Waals surface area contributed by atoms with E-state index >= 15 is 0 Å². The summed E-state index contributed by atoms with van der Waals surface area (Å²) in [4.78, 5) is 28.9. The Morgan fingerprint density at radius 3 is 2.63 bits per heavy atom. The van der Waals surface area contributed by atoms with Crippen LogP contribution in [0.25, 0.3) is 0 Å². The lowest BCUT2D eigenvalue weighted by molar-refractivity contribution is 0.0949. The molecule has 0 unspecified atom stereocenters. The van der Waals surface area contributed by atoms with Crippen molar-refractivity contribution in [3.8, 4) is 5.75 Å². The molecule has 0 radical (unpaired) electrons. The number of halogens is 1. The highest BCUT2D eigenvalue weighted by molar-refractivity contribution is 7.07. The zero-order chi connectivity index (χ0) is 21.1. The van der Waals surface area contributed by atoms with Crippen LogP contribution in [0.4, 0.5) is 10.1 Å². The Hall–Kier alpha value is -3.26. The highest BCUT2D eigenvalue weighted by Gasteiger charge is 2.24. The number of carbonyl (C=O) groups excluding carboxylic acids is 2. The number of anilines is 1. The molecule has 1 aliphatic rings. The van der Waals surface area contributed by atoms with Gasteiger partial charge in [0.2, 0.25) is 0 Å². The zero-order valence-corrected chi connectivity index (χ0v) is 17.1. The van der Waals surface area contributed by atoms with Gasteiger partial charge in [-0.3, -0.25) is 9.59 Å². The summed E-state index contributed by atoms with van der Waals surface area (Å²) in [6, 6.07) is 9.41. The first-order valence-electron chi connectivity index (χ1n) is 9.52. The van der Waals surface area contributed by atoms with E-state index in [1.807, 2.05) is 12.3 Å². The van der Waals surface area contributed by atoms with Gasteiger partial charge in [-0.05, 0) is 55.7 Å². The molecule has 0 bridgehead atoms. The predicted molar refractivity (Wildman–Crippen MR) is 112 cm³/mol. The van der Waals surface area contributed by atoms with Gasteiger partial charge >= 0.3 is 0 Å². The molecular weight excluding hydrogens is 405 g/mol. The van der Waals surface area contributed by atoms with Gasteiger partial charge in [0.25, 0.3) is 11.8 Å². The molecule has 6 nitrogen and oxygen atoms in total. The zero-order valence-electron chi connectivity index (χ0n) is 16.3. The van der Waals surface area contributed by atoms with Crippen molar-refractivity contribution >= 4 is 28.8 Å². The second-order valence-corrected chi connectivity index (χ2v) is 7.86. The number of nitrogens with zero attached hydrogens (tertiary/aromatic N) is 1. The number of hydrogen-bond donors (Lipinski definition) is 2. The summed E-state index contributed by atoms with van der Waals surface area (Å²) in [5.41, 5.74) is 4.32. The van der Waals surface area contributed by atoms with Crippen molar-refractivity contribution in [1.82, 2.24) is 10.3 Å². The molecule has 3 aromatic rings. The van der Waals surface area contributed by atoms with Gasteiger partial charge in [-0.15, -0.1) is 11.3 Å². The molecule has 0 spiro atoms. The van der Waals surface area contributed by atoms with Gasteiger partial charge in [0.1, 0.15) is 6.61 Å². The van der Waals surface area contributed by atoms with Gasteiger partial charge in [-0.1, -0.05) is 6.07 Å². The van der Waals surface area contributed by atoms with Gasteiger partial charge in [0.15, 0.2) is 11.6 Å². The van der Waals surface area contributed by atoms with Crippen LogP contribution in [0.3, 0.4) is 0 Å². The molecule has 0 atom stereocenters. The van der Waals surface area contributed by atoms with Crippen LogP contribution in [0.5, 0.6) is 5.75 Å². The summed E-state index contributed by atoms with van der Waals surface area (Å²) >= 11 is 1.43. The molecule has 2 amide bonds. The Morgan fingerprint density at radius 2 is 1.93 bits per heavy atom. The van der Waals surface area contributed by atoms with E-state index < -0.39 is 11.7 Å². The number of amides is 2. The van der Waals surface area contributed by atoms with E-state index in [4.69, 9.17) is 4.74 Å². The maximum atomic E-state index is 14.4. The minimum Gasteiger partial charge on any atom is -0.484 e. The SMILES string of the molecule is Cc1ccc(C(=O)NC2CC2)cc1NC(=O)c1ccc(OCc2cscn2)c(F)c1. The van der Waals surface area contributed by atoms with Gasteiger partial charge in [0.05, 0.1) is 11.2 Å². The fourth-order valence-corrected chi connectivity index (χ4v) is 3.35. The highest BCUT2D eigenvalue weighted by Crippen LogP contribution is 2.23. The summed E-state index contributed by atoms with van der Waals surface area (Å²) in [6.07, 6.45) is 1.99. The van der Waals surface area contributed by atoms with E-state index in [0.717, 1.165) is 24.5 Å². The molecule has 154 valence electrons. The third kappa shape index (κ3) is 4.83. The normalized spacial score (nSPS) is 13.0. The molecule has 1 aromatic heterocycles. The van der Waals surface area contributed by atoms with Crippen LogP contribution in [0.1, 0.15) is 44.8 Å². The highest BCUT2D eigenvalue weighted by atomic mass is 32.1. The third-order valence-corrected chi connectivity index (χ3v) is 5.35. The lowest BCUT2D eigenvalue weighted by Gasteiger charge is -2.12. The Morgan fingerprint density at radius 1 is 1.17 bits per heavy atom. The van der Waals surface area contributed by atoms with E-state index in [9.17, 15) is 14.0 Å². The summed E-state index contributed by atoms with van der Waals surface area (Å²) in [5.74, 6) is -1.22. The largest absolute Gasteiger partial charge is 0.484 e. The number of hydrogen-bond acceptors (Lipinski definition) is 5. The van der Waals surface area contributed by atoms with E-state index in [-0.39, 0.29) is 29.9 Å². The first kappa shape index (κ1) is 20.0.